The van der Waals surface area contributed by atoms with Gasteiger partial charge in [-0.3, -0.25) is 4.79 Å². The average Bonchev–Trinajstić information content (AvgIpc) is 3.19. The summed E-state index contributed by atoms with van der Waals surface area (Å²) < 4.78 is 21.3. The third-order valence-corrected chi connectivity index (χ3v) is 4.44. The van der Waals surface area contributed by atoms with Gasteiger partial charge in [0.15, 0.2) is 5.69 Å². The second-order valence-corrected chi connectivity index (χ2v) is 6.84. The number of hydrogen-bond donors (Lipinski definition) is 1. The van der Waals surface area contributed by atoms with Gasteiger partial charge in [0.05, 0.1) is 24.0 Å². The maximum absolute atomic E-state index is 14.2. The van der Waals surface area contributed by atoms with Gasteiger partial charge in [-0.2, -0.15) is 0 Å². The van der Waals surface area contributed by atoms with Gasteiger partial charge in [0, 0.05) is 13.0 Å². The Morgan fingerprint density at radius 2 is 1.96 bits per heavy atom. The maximum Gasteiger partial charge on any atom is 0.343 e. The molecule has 0 aliphatic carbocycles. The van der Waals surface area contributed by atoms with Gasteiger partial charge in [0.2, 0.25) is 5.67 Å². The lowest BCUT2D eigenvalue weighted by atomic mass is 10.1. The van der Waals surface area contributed by atoms with Gasteiger partial charge in [-0.05, 0) is 45.0 Å². The highest BCUT2D eigenvalue weighted by atomic mass is 19.1. The first-order chi connectivity index (χ1) is 12.7. The molecule has 1 aliphatic heterocycles. The first-order valence-electron chi connectivity index (χ1n) is 8.62. The predicted octanol–water partition coefficient (Wildman–Crippen LogP) is 2.00. The van der Waals surface area contributed by atoms with Crippen molar-refractivity contribution in [1.82, 2.24) is 19.9 Å². The monoisotopic (exact) mass is 376 g/mol. The molecule has 2 heterocycles. The molecule has 8 nitrogen and oxygen atoms in total. The zero-order valence-electron chi connectivity index (χ0n) is 15.3. The SMILES string of the molecule is Cc1c(C(=O)N2CCC(F)(C(=O)O)C2)nnn1-c1ccc(OC(C)C)cc1. The van der Waals surface area contributed by atoms with Gasteiger partial charge >= 0.3 is 5.97 Å². The van der Waals surface area contributed by atoms with Crippen molar-refractivity contribution < 1.29 is 23.8 Å². The van der Waals surface area contributed by atoms with Gasteiger partial charge in [-0.1, -0.05) is 5.21 Å². The second kappa shape index (κ2) is 6.98. The fourth-order valence-electron chi connectivity index (χ4n) is 2.98. The van der Waals surface area contributed by atoms with Crippen molar-refractivity contribution in [1.29, 1.82) is 0 Å². The lowest BCUT2D eigenvalue weighted by molar-refractivity contribution is -0.149. The number of ether oxygens (including phenoxy) is 1. The molecule has 1 aliphatic rings. The Hall–Kier alpha value is -2.97. The molecule has 1 aromatic carbocycles. The van der Waals surface area contributed by atoms with Crippen LogP contribution in [0.3, 0.4) is 0 Å². The Kier molecular flexibility index (Phi) is 4.86. The fourth-order valence-corrected chi connectivity index (χ4v) is 2.98. The molecule has 144 valence electrons. The number of rotatable bonds is 5. The lowest BCUT2D eigenvalue weighted by Crippen LogP contribution is -2.39. The van der Waals surface area contributed by atoms with Crippen LogP contribution >= 0.6 is 0 Å². The quantitative estimate of drug-likeness (QED) is 0.857. The Morgan fingerprint density at radius 1 is 1.30 bits per heavy atom. The van der Waals surface area contributed by atoms with Gasteiger partial charge in [-0.15, -0.1) is 5.10 Å². The molecule has 1 saturated heterocycles. The summed E-state index contributed by atoms with van der Waals surface area (Å²) in [6, 6.07) is 7.17. The highest BCUT2D eigenvalue weighted by molar-refractivity contribution is 5.94. The maximum atomic E-state index is 14.2. The molecule has 1 N–H and O–H groups in total. The van der Waals surface area contributed by atoms with Crippen LogP contribution in [0.4, 0.5) is 4.39 Å². The van der Waals surface area contributed by atoms with E-state index in [-0.39, 0.29) is 24.8 Å². The molecule has 1 unspecified atom stereocenters. The number of nitrogens with zero attached hydrogens (tertiary/aromatic N) is 4. The van der Waals surface area contributed by atoms with E-state index in [1.54, 1.807) is 31.2 Å². The molecule has 1 amide bonds. The minimum atomic E-state index is -2.41. The summed E-state index contributed by atoms with van der Waals surface area (Å²) in [7, 11) is 0. The molecule has 3 rings (SSSR count). The molecule has 1 aromatic heterocycles. The van der Waals surface area contributed by atoms with E-state index in [1.807, 2.05) is 13.8 Å². The van der Waals surface area contributed by atoms with Gasteiger partial charge in [0.25, 0.3) is 5.91 Å². The number of carboxylic acids is 1. The molecule has 0 saturated carbocycles. The largest absolute Gasteiger partial charge is 0.491 e. The van der Waals surface area contributed by atoms with Crippen LogP contribution in [0.5, 0.6) is 5.75 Å². The number of aliphatic carboxylic acids is 1. The Balaban J connectivity index is 1.79. The number of alkyl halides is 1. The summed E-state index contributed by atoms with van der Waals surface area (Å²) in [5.41, 5.74) is -1.15. The minimum Gasteiger partial charge on any atom is -0.491 e. The standard InChI is InChI=1S/C18H21FN4O4/c1-11(2)27-14-6-4-13(5-7-14)23-12(3)15(20-21-23)16(24)22-9-8-18(19,10-22)17(25)26/h4-7,11H,8-10H2,1-3H3,(H,25,26). The van der Waals surface area contributed by atoms with Gasteiger partial charge in [0.1, 0.15) is 5.75 Å². The molecule has 0 radical (unpaired) electrons. The zero-order chi connectivity index (χ0) is 19.8. The molecule has 1 atom stereocenters. The number of carbonyl (C=O) groups excluding carboxylic acids is 1. The van der Waals surface area contributed by atoms with E-state index in [0.717, 1.165) is 4.90 Å². The van der Waals surface area contributed by atoms with Crippen molar-refractivity contribution in [3.63, 3.8) is 0 Å². The van der Waals surface area contributed by atoms with Crippen LogP contribution in [0.15, 0.2) is 24.3 Å². The highest BCUT2D eigenvalue weighted by Gasteiger charge is 2.47. The number of aromatic nitrogens is 3. The topological polar surface area (TPSA) is 97.5 Å². The summed E-state index contributed by atoms with van der Waals surface area (Å²) >= 11 is 0. The van der Waals surface area contributed by atoms with Crippen molar-refractivity contribution in [2.24, 2.45) is 0 Å². The van der Waals surface area contributed by atoms with Crippen molar-refractivity contribution in [3.05, 3.63) is 35.7 Å². The molecule has 9 heteroatoms. The number of amides is 1. The number of carboxylic acid groups (broad SMARTS) is 1. The summed E-state index contributed by atoms with van der Waals surface area (Å²) in [5.74, 6) is -1.37. The van der Waals surface area contributed by atoms with E-state index in [2.05, 4.69) is 10.3 Å². The number of benzene rings is 1. The van der Waals surface area contributed by atoms with Crippen molar-refractivity contribution >= 4 is 11.9 Å². The minimum absolute atomic E-state index is 0.0230. The zero-order valence-corrected chi connectivity index (χ0v) is 15.3. The second-order valence-electron chi connectivity index (χ2n) is 6.84. The van der Waals surface area contributed by atoms with Crippen LogP contribution in [0.2, 0.25) is 0 Å². The molecule has 2 aromatic rings. The summed E-state index contributed by atoms with van der Waals surface area (Å²) in [5, 5.41) is 16.9. The summed E-state index contributed by atoms with van der Waals surface area (Å²) in [4.78, 5) is 24.8. The molecule has 1 fully saturated rings. The normalized spacial score (nSPS) is 19.5. The predicted molar refractivity (Wildman–Crippen MR) is 93.9 cm³/mol. The molecular formula is C18H21FN4O4. The van der Waals surface area contributed by atoms with Crippen LogP contribution < -0.4 is 4.74 Å². The third-order valence-electron chi connectivity index (χ3n) is 4.44. The Morgan fingerprint density at radius 3 is 2.52 bits per heavy atom. The number of likely N-dealkylation sites (tertiary alicyclic amines) is 1. The molecule has 0 bridgehead atoms. The van der Waals surface area contributed by atoms with Crippen LogP contribution in [0.25, 0.3) is 5.69 Å². The van der Waals surface area contributed by atoms with Crippen LogP contribution in [-0.2, 0) is 4.79 Å². The van der Waals surface area contributed by atoms with Crippen molar-refractivity contribution in [2.75, 3.05) is 13.1 Å². The smallest absolute Gasteiger partial charge is 0.343 e. The van der Waals surface area contributed by atoms with Crippen LogP contribution in [-0.4, -0.2) is 61.7 Å². The fraction of sp³-hybridized carbons (Fsp3) is 0.444. The Labute approximate surface area is 155 Å². The number of hydrogen-bond acceptors (Lipinski definition) is 5. The van der Waals surface area contributed by atoms with Crippen LogP contribution in [0, 0.1) is 6.92 Å². The van der Waals surface area contributed by atoms with E-state index in [0.29, 0.717) is 17.1 Å². The van der Waals surface area contributed by atoms with E-state index in [1.165, 1.54) is 4.68 Å². The van der Waals surface area contributed by atoms with Crippen molar-refractivity contribution in [2.45, 2.75) is 39.0 Å². The first-order valence-corrected chi connectivity index (χ1v) is 8.62. The molecular weight excluding hydrogens is 355 g/mol. The molecule has 0 spiro atoms. The van der Waals surface area contributed by atoms with E-state index in [4.69, 9.17) is 9.84 Å². The van der Waals surface area contributed by atoms with E-state index < -0.39 is 24.1 Å². The average molecular weight is 376 g/mol. The Bertz CT molecular complexity index is 865. The number of carbonyl (C=O) groups is 2. The highest BCUT2D eigenvalue weighted by Crippen LogP contribution is 2.27. The number of halogens is 1. The lowest BCUT2D eigenvalue weighted by Gasteiger charge is -2.16. The van der Waals surface area contributed by atoms with E-state index in [9.17, 15) is 14.0 Å². The first kappa shape index (κ1) is 18.8. The molecule has 27 heavy (non-hydrogen) atoms. The van der Waals surface area contributed by atoms with E-state index >= 15 is 0 Å². The van der Waals surface area contributed by atoms with Crippen LogP contribution in [0.1, 0.15) is 36.5 Å². The summed E-state index contributed by atoms with van der Waals surface area (Å²) in [6.45, 7) is 5.08. The third kappa shape index (κ3) is 3.62. The van der Waals surface area contributed by atoms with Gasteiger partial charge < -0.3 is 14.7 Å². The summed E-state index contributed by atoms with van der Waals surface area (Å²) in [6.07, 6.45) is -0.180. The van der Waals surface area contributed by atoms with Crippen molar-refractivity contribution in [3.8, 4) is 11.4 Å². The van der Waals surface area contributed by atoms with Gasteiger partial charge in [-0.25, -0.2) is 13.9 Å².